The first-order chi connectivity index (χ1) is 15.8. The number of halogens is 2. The van der Waals surface area contributed by atoms with E-state index in [2.05, 4.69) is 6.58 Å². The fourth-order valence-corrected chi connectivity index (χ4v) is 8.12. The van der Waals surface area contributed by atoms with E-state index in [0.29, 0.717) is 31.3 Å². The number of alkyl halides is 2. The second-order valence-corrected chi connectivity index (χ2v) is 11.5. The molecule has 0 aromatic carbocycles. The zero-order valence-electron chi connectivity index (χ0n) is 20.2. The molecule has 0 aromatic heterocycles. The Morgan fingerprint density at radius 1 is 1.24 bits per heavy atom. The van der Waals surface area contributed by atoms with Gasteiger partial charge in [0, 0.05) is 17.4 Å². The predicted molar refractivity (Wildman–Crippen MR) is 122 cm³/mol. The van der Waals surface area contributed by atoms with Crippen molar-refractivity contribution in [2.45, 2.75) is 89.6 Å². The van der Waals surface area contributed by atoms with Crippen molar-refractivity contribution >= 4 is 11.7 Å². The van der Waals surface area contributed by atoms with Gasteiger partial charge in [0.05, 0.1) is 24.4 Å². The number of aliphatic hydroxyl groups is 3. The number of amides is 1. The number of nitrogens with zero attached hydrogens (tertiary/aromatic N) is 1. The van der Waals surface area contributed by atoms with Gasteiger partial charge in [0.25, 0.3) is 6.43 Å². The Bertz CT molecular complexity index is 908. The summed E-state index contributed by atoms with van der Waals surface area (Å²) in [6, 6.07) is -0.537. The second-order valence-electron chi connectivity index (χ2n) is 11.5. The van der Waals surface area contributed by atoms with Gasteiger partial charge in [-0.2, -0.15) is 0 Å². The highest BCUT2D eigenvalue weighted by Gasteiger charge is 2.67. The summed E-state index contributed by atoms with van der Waals surface area (Å²) in [6.07, 6.45) is 0.787. The fraction of sp³-hybridized carbons (Fsp3) is 0.769. The van der Waals surface area contributed by atoms with Crippen molar-refractivity contribution in [2.24, 2.45) is 28.6 Å². The molecule has 3 fully saturated rings. The SMILES string of the molecule is C=CC(=O)N(CC(F)F)C(C)[C@H]1CC[C@@]2(O)C3=CC(=O)[C@@H]4C[C@@H](O)[C@@H](O)C[C@]4(C)C3CC[C@]12C. The number of carbonyl (C=O) groups excluding carboxylic acids is 2. The van der Waals surface area contributed by atoms with E-state index in [-0.39, 0.29) is 30.5 Å². The van der Waals surface area contributed by atoms with Gasteiger partial charge >= 0.3 is 0 Å². The molecule has 4 rings (SSSR count). The molecule has 0 aromatic rings. The molecule has 34 heavy (non-hydrogen) atoms. The van der Waals surface area contributed by atoms with Crippen LogP contribution in [0.25, 0.3) is 0 Å². The minimum absolute atomic E-state index is 0.114. The molecule has 4 aliphatic carbocycles. The first-order valence-corrected chi connectivity index (χ1v) is 12.4. The van der Waals surface area contributed by atoms with Crippen molar-refractivity contribution in [2.75, 3.05) is 6.54 Å². The van der Waals surface area contributed by atoms with Crippen LogP contribution in [0, 0.1) is 28.6 Å². The normalized spacial score (nSPS) is 44.6. The van der Waals surface area contributed by atoms with Crippen LogP contribution >= 0.6 is 0 Å². The number of carbonyl (C=O) groups is 2. The van der Waals surface area contributed by atoms with Gasteiger partial charge in [-0.3, -0.25) is 9.59 Å². The highest BCUT2D eigenvalue weighted by atomic mass is 19.3. The van der Waals surface area contributed by atoms with Gasteiger partial charge in [-0.25, -0.2) is 8.78 Å². The highest BCUT2D eigenvalue weighted by Crippen LogP contribution is 2.67. The van der Waals surface area contributed by atoms with Crippen LogP contribution in [-0.2, 0) is 9.59 Å². The summed E-state index contributed by atoms with van der Waals surface area (Å²) in [4.78, 5) is 26.8. The summed E-state index contributed by atoms with van der Waals surface area (Å²) in [5.41, 5.74) is -1.89. The standard InChI is InChI=1S/C26H37F2NO5/c1-5-23(33)29(13-22(27)28)14(2)15-7-9-26(34)17-10-19(30)18-11-20(31)21(32)12-24(18,3)16(17)6-8-25(15,26)4/h5,10,14-16,18,20-22,31-32,34H,1,6-9,11-13H2,2-4H3/t14?,15-,16?,18+,20-,21+,24-,25-,26-/m1/s1. The largest absolute Gasteiger partial charge is 0.390 e. The summed E-state index contributed by atoms with van der Waals surface area (Å²) in [7, 11) is 0. The van der Waals surface area contributed by atoms with Gasteiger partial charge in [0.2, 0.25) is 5.91 Å². The van der Waals surface area contributed by atoms with Crippen molar-refractivity contribution in [1.29, 1.82) is 0 Å². The first-order valence-electron chi connectivity index (χ1n) is 12.4. The molecule has 4 aliphatic rings. The molecule has 8 heteroatoms. The molecule has 0 heterocycles. The lowest BCUT2D eigenvalue weighted by Crippen LogP contribution is -2.61. The van der Waals surface area contributed by atoms with E-state index in [1.54, 1.807) is 13.0 Å². The molecule has 3 saturated carbocycles. The topological polar surface area (TPSA) is 98.1 Å². The Labute approximate surface area is 199 Å². The third kappa shape index (κ3) is 3.51. The number of hydrogen-bond donors (Lipinski definition) is 3. The molecule has 1 amide bonds. The van der Waals surface area contributed by atoms with Crippen LogP contribution in [0.2, 0.25) is 0 Å². The number of aliphatic hydroxyl groups excluding tert-OH is 2. The van der Waals surface area contributed by atoms with Crippen LogP contribution < -0.4 is 0 Å². The zero-order chi connectivity index (χ0) is 25.2. The molecule has 2 unspecified atom stereocenters. The molecular formula is C26H37F2NO5. The minimum Gasteiger partial charge on any atom is -0.390 e. The Balaban J connectivity index is 1.70. The van der Waals surface area contributed by atoms with Crippen molar-refractivity contribution < 1.29 is 33.7 Å². The molecule has 9 atom stereocenters. The number of allylic oxidation sites excluding steroid dienone is 1. The Kier molecular flexibility index (Phi) is 6.35. The molecule has 0 bridgehead atoms. The molecule has 0 aliphatic heterocycles. The quantitative estimate of drug-likeness (QED) is 0.525. The minimum atomic E-state index is -2.68. The summed E-state index contributed by atoms with van der Waals surface area (Å²) in [5, 5.41) is 32.8. The third-order valence-electron chi connectivity index (χ3n) is 10.1. The first kappa shape index (κ1) is 25.5. The lowest BCUT2D eigenvalue weighted by Gasteiger charge is -2.60. The predicted octanol–water partition coefficient (Wildman–Crippen LogP) is 2.86. The van der Waals surface area contributed by atoms with Crippen LogP contribution in [0.3, 0.4) is 0 Å². The summed E-state index contributed by atoms with van der Waals surface area (Å²) >= 11 is 0. The highest BCUT2D eigenvalue weighted by molar-refractivity contribution is 5.95. The number of hydrogen-bond acceptors (Lipinski definition) is 5. The maximum Gasteiger partial charge on any atom is 0.255 e. The summed E-state index contributed by atoms with van der Waals surface area (Å²) in [6.45, 7) is 8.46. The van der Waals surface area contributed by atoms with E-state index in [1.807, 2.05) is 13.8 Å². The molecule has 6 nitrogen and oxygen atoms in total. The third-order valence-corrected chi connectivity index (χ3v) is 10.1. The van der Waals surface area contributed by atoms with Gasteiger partial charge < -0.3 is 20.2 Å². The Hall–Kier alpha value is -1.64. The van der Waals surface area contributed by atoms with E-state index < -0.39 is 59.5 Å². The van der Waals surface area contributed by atoms with Crippen LogP contribution in [0.1, 0.15) is 59.3 Å². The molecule has 3 N–H and O–H groups in total. The van der Waals surface area contributed by atoms with E-state index in [0.717, 1.165) is 11.0 Å². The number of ketones is 1. The molecular weight excluding hydrogens is 444 g/mol. The van der Waals surface area contributed by atoms with Crippen molar-refractivity contribution in [3.8, 4) is 0 Å². The van der Waals surface area contributed by atoms with E-state index in [9.17, 15) is 33.7 Å². The molecule has 190 valence electrons. The van der Waals surface area contributed by atoms with E-state index in [1.165, 1.54) is 0 Å². The number of fused-ring (bicyclic) bond motifs is 5. The van der Waals surface area contributed by atoms with E-state index in [4.69, 9.17) is 0 Å². The van der Waals surface area contributed by atoms with Crippen LogP contribution in [0.5, 0.6) is 0 Å². The fourth-order valence-electron chi connectivity index (χ4n) is 8.12. The molecule has 0 radical (unpaired) electrons. The number of rotatable bonds is 5. The average Bonchev–Trinajstić information content (AvgIpc) is 3.04. The van der Waals surface area contributed by atoms with E-state index >= 15 is 0 Å². The molecule has 0 saturated heterocycles. The van der Waals surface area contributed by atoms with Crippen LogP contribution in [0.4, 0.5) is 8.78 Å². The molecule has 0 spiro atoms. The summed E-state index contributed by atoms with van der Waals surface area (Å²) in [5.74, 6) is -1.44. The smallest absolute Gasteiger partial charge is 0.255 e. The van der Waals surface area contributed by atoms with Crippen molar-refractivity contribution in [3.63, 3.8) is 0 Å². The van der Waals surface area contributed by atoms with Crippen LogP contribution in [-0.4, -0.2) is 68.7 Å². The van der Waals surface area contributed by atoms with Gasteiger partial charge in [-0.05, 0) is 80.4 Å². The second kappa shape index (κ2) is 8.49. The van der Waals surface area contributed by atoms with Crippen molar-refractivity contribution in [3.05, 3.63) is 24.3 Å². The Morgan fingerprint density at radius 3 is 2.53 bits per heavy atom. The van der Waals surface area contributed by atoms with Gasteiger partial charge in [0.1, 0.15) is 0 Å². The zero-order valence-corrected chi connectivity index (χ0v) is 20.2. The lowest BCUT2D eigenvalue weighted by molar-refractivity contribution is -0.154. The maximum atomic E-state index is 13.3. The average molecular weight is 482 g/mol. The van der Waals surface area contributed by atoms with Crippen molar-refractivity contribution in [1.82, 2.24) is 4.90 Å². The van der Waals surface area contributed by atoms with Gasteiger partial charge in [-0.1, -0.05) is 20.4 Å². The van der Waals surface area contributed by atoms with Gasteiger partial charge in [-0.15, -0.1) is 0 Å². The maximum absolute atomic E-state index is 13.3. The van der Waals surface area contributed by atoms with Gasteiger partial charge in [0.15, 0.2) is 5.78 Å². The lowest BCUT2D eigenvalue weighted by atomic mass is 9.46. The van der Waals surface area contributed by atoms with Crippen LogP contribution in [0.15, 0.2) is 24.3 Å². The monoisotopic (exact) mass is 481 g/mol. The summed E-state index contributed by atoms with van der Waals surface area (Å²) < 4.78 is 26.6. The Morgan fingerprint density at radius 2 is 1.91 bits per heavy atom.